The number of halogens is 3. The van der Waals surface area contributed by atoms with Crippen LogP contribution in [0.2, 0.25) is 0 Å². The summed E-state index contributed by atoms with van der Waals surface area (Å²) in [5, 5.41) is 6.78. The van der Waals surface area contributed by atoms with Crippen molar-refractivity contribution in [2.24, 2.45) is 0 Å². The quantitative estimate of drug-likeness (QED) is 0.781. The second kappa shape index (κ2) is 8.45. The Balaban J connectivity index is 0.00000156. The van der Waals surface area contributed by atoms with E-state index in [-0.39, 0.29) is 47.6 Å². The molecule has 2 heterocycles. The van der Waals surface area contributed by atoms with Gasteiger partial charge >= 0.3 is 0 Å². The Morgan fingerprint density at radius 3 is 2.68 bits per heavy atom. The number of benzene rings is 1. The Morgan fingerprint density at radius 2 is 2.04 bits per heavy atom. The van der Waals surface area contributed by atoms with E-state index in [0.717, 1.165) is 17.1 Å². The van der Waals surface area contributed by atoms with Crippen LogP contribution in [0.5, 0.6) is 0 Å². The minimum absolute atomic E-state index is 0. The number of carbonyl (C=O) groups excluding carboxylic acids is 1. The number of anilines is 1. The van der Waals surface area contributed by atoms with Crippen molar-refractivity contribution in [2.45, 2.75) is 39.2 Å². The molecule has 1 aliphatic rings. The van der Waals surface area contributed by atoms with Crippen LogP contribution in [-0.4, -0.2) is 17.4 Å². The molecule has 0 bridgehead atoms. The minimum Gasteiger partial charge on any atom is -0.319 e. The van der Waals surface area contributed by atoms with E-state index in [1.54, 1.807) is 12.3 Å². The van der Waals surface area contributed by atoms with Gasteiger partial charge in [-0.3, -0.25) is 4.79 Å². The summed E-state index contributed by atoms with van der Waals surface area (Å²) in [5.41, 5.74) is 1.79. The number of amides is 1. The summed E-state index contributed by atoms with van der Waals surface area (Å²) >= 11 is 1.35. The molecule has 1 aromatic carbocycles. The number of fused-ring (bicyclic) bond motifs is 1. The number of carbonyl (C=O) groups is 1. The Labute approximate surface area is 163 Å². The molecular formula is C17H22Cl2FN3OS. The third-order valence-corrected chi connectivity index (χ3v) is 5.25. The molecule has 3 rings (SSSR count). The van der Waals surface area contributed by atoms with Crippen LogP contribution in [0.4, 0.5) is 10.1 Å². The van der Waals surface area contributed by atoms with Gasteiger partial charge in [0.05, 0.1) is 16.9 Å². The predicted molar refractivity (Wildman–Crippen MR) is 105 cm³/mol. The summed E-state index contributed by atoms with van der Waals surface area (Å²) in [6, 6.07) is 3.50. The fourth-order valence-electron chi connectivity index (χ4n) is 2.54. The Bertz CT molecular complexity index is 759. The molecule has 0 radical (unpaired) electrons. The zero-order chi connectivity index (χ0) is 16.6. The van der Waals surface area contributed by atoms with E-state index in [9.17, 15) is 9.18 Å². The number of thiazole rings is 1. The molecule has 1 aliphatic heterocycles. The largest absolute Gasteiger partial charge is 0.319 e. The first-order chi connectivity index (χ1) is 10.9. The maximum absolute atomic E-state index is 14.6. The van der Waals surface area contributed by atoms with E-state index in [2.05, 4.69) is 15.6 Å². The fourth-order valence-corrected chi connectivity index (χ4v) is 3.41. The molecule has 0 atom stereocenters. The van der Waals surface area contributed by atoms with E-state index < -0.39 is 0 Å². The molecular weight excluding hydrogens is 384 g/mol. The molecule has 2 aromatic rings. The lowest BCUT2D eigenvalue weighted by Crippen LogP contribution is -2.25. The second-order valence-corrected chi connectivity index (χ2v) is 7.76. The highest BCUT2D eigenvalue weighted by molar-refractivity contribution is 7.13. The highest BCUT2D eigenvalue weighted by atomic mass is 35.5. The molecule has 0 unspecified atom stereocenters. The van der Waals surface area contributed by atoms with E-state index >= 15 is 0 Å². The van der Waals surface area contributed by atoms with Crippen molar-refractivity contribution in [3.05, 3.63) is 45.2 Å². The third-order valence-electron chi connectivity index (χ3n) is 3.83. The predicted octanol–water partition coefficient (Wildman–Crippen LogP) is 4.32. The molecule has 0 spiro atoms. The highest BCUT2D eigenvalue weighted by Crippen LogP contribution is 2.28. The monoisotopic (exact) mass is 405 g/mol. The Morgan fingerprint density at radius 1 is 1.32 bits per heavy atom. The van der Waals surface area contributed by atoms with E-state index in [4.69, 9.17) is 0 Å². The van der Waals surface area contributed by atoms with Gasteiger partial charge in [0.1, 0.15) is 10.7 Å². The Hall–Kier alpha value is -1.21. The van der Waals surface area contributed by atoms with Crippen molar-refractivity contribution >= 4 is 47.7 Å². The summed E-state index contributed by atoms with van der Waals surface area (Å²) < 4.78 is 14.6. The van der Waals surface area contributed by atoms with Crippen LogP contribution < -0.4 is 10.6 Å². The summed E-state index contributed by atoms with van der Waals surface area (Å²) in [6.07, 6.45) is 2.19. The summed E-state index contributed by atoms with van der Waals surface area (Å²) in [4.78, 5) is 17.1. The van der Waals surface area contributed by atoms with Crippen LogP contribution in [-0.2, 0) is 18.4 Å². The number of hydrogen-bond acceptors (Lipinski definition) is 4. The molecule has 8 heteroatoms. The molecule has 4 nitrogen and oxygen atoms in total. The molecule has 0 fully saturated rings. The first kappa shape index (κ1) is 21.8. The smallest absolute Gasteiger partial charge is 0.267 e. The maximum Gasteiger partial charge on any atom is 0.267 e. The van der Waals surface area contributed by atoms with Crippen LogP contribution in [0.25, 0.3) is 0 Å². The van der Waals surface area contributed by atoms with Crippen LogP contribution in [0, 0.1) is 5.82 Å². The molecule has 0 saturated heterocycles. The van der Waals surface area contributed by atoms with Gasteiger partial charge in [0, 0.05) is 12.0 Å². The normalized spacial score (nSPS) is 13.3. The maximum atomic E-state index is 14.6. The number of aromatic nitrogens is 1. The average Bonchev–Trinajstić information content (AvgIpc) is 3.00. The van der Waals surface area contributed by atoms with Crippen molar-refractivity contribution < 1.29 is 9.18 Å². The van der Waals surface area contributed by atoms with Crippen LogP contribution in [0.3, 0.4) is 0 Å². The van der Waals surface area contributed by atoms with Gasteiger partial charge in [-0.15, -0.1) is 36.2 Å². The van der Waals surface area contributed by atoms with Crippen LogP contribution in [0.15, 0.2) is 18.3 Å². The number of hydrogen-bond donors (Lipinski definition) is 2. The van der Waals surface area contributed by atoms with Crippen LogP contribution in [0.1, 0.15) is 46.6 Å². The first-order valence-corrected chi connectivity index (χ1v) is 8.46. The topological polar surface area (TPSA) is 54.0 Å². The van der Waals surface area contributed by atoms with Crippen LogP contribution >= 0.6 is 36.2 Å². The summed E-state index contributed by atoms with van der Waals surface area (Å²) in [6.45, 7) is 7.56. The molecule has 138 valence electrons. The first-order valence-electron chi connectivity index (χ1n) is 7.65. The molecule has 2 N–H and O–H groups in total. The number of rotatable bonds is 2. The standard InChI is InChI=1S/C17H20FN3OS.2ClH/c1-17(2,3)16-20-9-13(23-16)15(22)21-12-5-4-10-8-19-7-6-11(10)14(12)18;;/h4-5,9,19H,6-8H2,1-3H3,(H,21,22);2*1H. The van der Waals surface area contributed by atoms with Gasteiger partial charge in [-0.2, -0.15) is 0 Å². The van der Waals surface area contributed by atoms with Crippen molar-refractivity contribution in [2.75, 3.05) is 11.9 Å². The van der Waals surface area contributed by atoms with Gasteiger partial charge in [-0.1, -0.05) is 26.8 Å². The lowest BCUT2D eigenvalue weighted by atomic mass is 9.98. The number of nitrogens with zero attached hydrogens (tertiary/aromatic N) is 1. The van der Waals surface area contributed by atoms with Crippen molar-refractivity contribution in [3.63, 3.8) is 0 Å². The van der Waals surface area contributed by atoms with Crippen molar-refractivity contribution in [1.82, 2.24) is 10.3 Å². The van der Waals surface area contributed by atoms with Gasteiger partial charge in [-0.05, 0) is 30.2 Å². The lowest BCUT2D eigenvalue weighted by Gasteiger charge is -2.19. The molecule has 25 heavy (non-hydrogen) atoms. The van der Waals surface area contributed by atoms with Gasteiger partial charge < -0.3 is 10.6 Å². The van der Waals surface area contributed by atoms with Crippen molar-refractivity contribution in [3.8, 4) is 0 Å². The van der Waals surface area contributed by atoms with Gasteiger partial charge in [0.25, 0.3) is 5.91 Å². The van der Waals surface area contributed by atoms with Gasteiger partial charge in [-0.25, -0.2) is 9.37 Å². The van der Waals surface area contributed by atoms with E-state index in [0.29, 0.717) is 23.4 Å². The molecule has 1 aromatic heterocycles. The zero-order valence-corrected chi connectivity index (χ0v) is 16.8. The summed E-state index contributed by atoms with van der Waals surface area (Å²) in [7, 11) is 0. The molecule has 1 amide bonds. The molecule has 0 saturated carbocycles. The SMILES string of the molecule is CC(C)(C)c1ncc(C(=O)Nc2ccc3c(c2F)CCNC3)s1.Cl.Cl. The average molecular weight is 406 g/mol. The lowest BCUT2D eigenvalue weighted by molar-refractivity contribution is 0.103. The zero-order valence-electron chi connectivity index (χ0n) is 14.3. The fraction of sp³-hybridized carbons (Fsp3) is 0.412. The highest BCUT2D eigenvalue weighted by Gasteiger charge is 2.22. The molecule has 0 aliphatic carbocycles. The van der Waals surface area contributed by atoms with Gasteiger partial charge in [0.15, 0.2) is 0 Å². The third kappa shape index (κ3) is 4.70. The number of nitrogens with one attached hydrogen (secondary N) is 2. The minimum atomic E-state index is -0.321. The van der Waals surface area contributed by atoms with Crippen molar-refractivity contribution in [1.29, 1.82) is 0 Å². The Kier molecular flexibility index (Phi) is 7.38. The van der Waals surface area contributed by atoms with E-state index in [1.165, 1.54) is 11.3 Å². The van der Waals surface area contributed by atoms with Gasteiger partial charge in [0.2, 0.25) is 0 Å². The second-order valence-electron chi connectivity index (χ2n) is 6.73. The van der Waals surface area contributed by atoms with E-state index in [1.807, 2.05) is 26.8 Å². The summed E-state index contributed by atoms with van der Waals surface area (Å²) in [5.74, 6) is -0.635.